The number of benzene rings is 1. The molecule has 14 heteroatoms. The molecule has 0 saturated carbocycles. The van der Waals surface area contributed by atoms with Crippen LogP contribution < -0.4 is 0 Å². The molecule has 0 amide bonds. The first-order chi connectivity index (χ1) is 12.1. The van der Waals surface area contributed by atoms with Gasteiger partial charge in [0.25, 0.3) is 0 Å². The topological polar surface area (TPSA) is 68.3 Å². The first-order valence-corrected chi connectivity index (χ1v) is 8.70. The number of halogens is 8. The van der Waals surface area contributed by atoms with Crippen LogP contribution in [0, 0.1) is 0 Å². The van der Waals surface area contributed by atoms with Crippen molar-refractivity contribution in [1.82, 2.24) is 10.1 Å². The molecule has 1 aromatic heterocycles. The van der Waals surface area contributed by atoms with Gasteiger partial charge in [0.2, 0.25) is 5.82 Å². The monoisotopic (exact) mass is 423 g/mol. The molecule has 1 atom stereocenters. The summed E-state index contributed by atoms with van der Waals surface area (Å²) in [5.41, 5.74) is 0.154. The summed E-state index contributed by atoms with van der Waals surface area (Å²) in [5, 5.41) is -2.37. The second kappa shape index (κ2) is 6.73. The Bertz CT molecular complexity index is 924. The van der Waals surface area contributed by atoms with Gasteiger partial charge < -0.3 is 4.52 Å². The van der Waals surface area contributed by atoms with Gasteiger partial charge in [-0.1, -0.05) is 29.4 Å². The SMILES string of the molecule is CS(=O)(=NCc1ccc(-c2noc(C(F)(F)F)n2)cc1)C(F)(F)C(F)(F)F. The molecule has 0 aliphatic heterocycles. The highest BCUT2D eigenvalue weighted by atomic mass is 32.2. The minimum atomic E-state index is -6.03. The Hall–Kier alpha value is -2.25. The van der Waals surface area contributed by atoms with Crippen LogP contribution in [0.15, 0.2) is 33.2 Å². The lowest BCUT2D eigenvalue weighted by Gasteiger charge is -2.20. The van der Waals surface area contributed by atoms with Crippen LogP contribution in [0.5, 0.6) is 0 Å². The van der Waals surface area contributed by atoms with E-state index in [1.54, 1.807) is 0 Å². The van der Waals surface area contributed by atoms with E-state index in [0.717, 1.165) is 0 Å². The molecule has 0 bridgehead atoms. The van der Waals surface area contributed by atoms with Crippen LogP contribution in [-0.4, -0.2) is 32.0 Å². The summed E-state index contributed by atoms with van der Waals surface area (Å²) < 4.78 is 119. The first kappa shape index (κ1) is 21.1. The summed E-state index contributed by atoms with van der Waals surface area (Å²) in [6.45, 7) is -0.735. The molecule has 1 unspecified atom stereocenters. The Morgan fingerprint density at radius 2 is 1.59 bits per heavy atom. The van der Waals surface area contributed by atoms with Gasteiger partial charge in [0.1, 0.15) is 9.73 Å². The summed E-state index contributed by atoms with van der Waals surface area (Å²) in [6.07, 6.45) is -10.7. The minimum Gasteiger partial charge on any atom is -0.329 e. The lowest BCUT2D eigenvalue weighted by molar-refractivity contribution is -0.240. The van der Waals surface area contributed by atoms with Crippen molar-refractivity contribution in [3.63, 3.8) is 0 Å². The third kappa shape index (κ3) is 4.36. The Morgan fingerprint density at radius 3 is 2.04 bits per heavy atom. The zero-order valence-corrected chi connectivity index (χ0v) is 13.9. The third-order valence-corrected chi connectivity index (χ3v) is 4.98. The van der Waals surface area contributed by atoms with Crippen molar-refractivity contribution in [3.8, 4) is 11.4 Å². The molecule has 5 nitrogen and oxygen atoms in total. The highest BCUT2D eigenvalue weighted by Crippen LogP contribution is 2.40. The van der Waals surface area contributed by atoms with Crippen molar-refractivity contribution in [3.05, 3.63) is 35.7 Å². The molecule has 2 rings (SSSR count). The van der Waals surface area contributed by atoms with E-state index in [1.807, 2.05) is 0 Å². The van der Waals surface area contributed by atoms with Crippen LogP contribution in [0.4, 0.5) is 35.1 Å². The zero-order chi connectivity index (χ0) is 20.7. The standard InChI is InChI=1S/C13H9F8N3O2S/c1-27(25,13(20,21)12(17,18)19)22-6-7-2-4-8(5-3-7)9-23-10(26-24-9)11(14,15)16/h2-5H,6H2,1H3. The molecule has 0 radical (unpaired) electrons. The lowest BCUT2D eigenvalue weighted by atomic mass is 10.1. The van der Waals surface area contributed by atoms with E-state index >= 15 is 0 Å². The summed E-state index contributed by atoms with van der Waals surface area (Å²) in [7, 11) is -4.94. The number of hydrogen-bond acceptors (Lipinski definition) is 5. The van der Waals surface area contributed by atoms with Gasteiger partial charge >= 0.3 is 23.5 Å². The fourth-order valence-corrected chi connectivity index (χ4v) is 2.70. The average Bonchev–Trinajstić information content (AvgIpc) is 3.02. The molecule has 0 fully saturated rings. The van der Waals surface area contributed by atoms with Crippen LogP contribution in [0.1, 0.15) is 11.5 Å². The molecule has 0 spiro atoms. The molecule has 0 aliphatic rings. The zero-order valence-electron chi connectivity index (χ0n) is 13.1. The van der Waals surface area contributed by atoms with Gasteiger partial charge in [-0.3, -0.25) is 0 Å². The van der Waals surface area contributed by atoms with E-state index in [0.29, 0.717) is 0 Å². The smallest absolute Gasteiger partial charge is 0.329 e. The maximum atomic E-state index is 13.2. The Morgan fingerprint density at radius 1 is 1.04 bits per heavy atom. The number of nitrogens with zero attached hydrogens (tertiary/aromatic N) is 3. The molecule has 0 saturated heterocycles. The number of aromatic nitrogens is 2. The van der Waals surface area contributed by atoms with Gasteiger partial charge in [-0.25, -0.2) is 8.57 Å². The maximum absolute atomic E-state index is 13.2. The van der Waals surface area contributed by atoms with Crippen LogP contribution in [-0.2, 0) is 22.5 Å². The summed E-state index contributed by atoms with van der Waals surface area (Å²) in [5.74, 6) is -1.98. The molecule has 2 aromatic rings. The molecule has 1 aromatic carbocycles. The summed E-state index contributed by atoms with van der Waals surface area (Å²) in [6, 6.07) is 4.69. The van der Waals surface area contributed by atoms with E-state index < -0.39 is 45.6 Å². The predicted octanol–water partition coefficient (Wildman–Crippen LogP) is 4.51. The highest BCUT2D eigenvalue weighted by molar-refractivity contribution is 7.94. The van der Waals surface area contributed by atoms with Crippen molar-refractivity contribution in [2.45, 2.75) is 24.2 Å². The third-order valence-electron chi connectivity index (χ3n) is 3.18. The van der Waals surface area contributed by atoms with Crippen molar-refractivity contribution in [1.29, 1.82) is 0 Å². The van der Waals surface area contributed by atoms with Crippen LogP contribution in [0.3, 0.4) is 0 Å². The molecular weight excluding hydrogens is 414 g/mol. The van der Waals surface area contributed by atoms with E-state index in [1.165, 1.54) is 24.3 Å². The van der Waals surface area contributed by atoms with E-state index in [2.05, 4.69) is 19.0 Å². The van der Waals surface area contributed by atoms with Gasteiger partial charge in [-0.05, 0) is 5.56 Å². The summed E-state index contributed by atoms with van der Waals surface area (Å²) >= 11 is 0. The Kier molecular flexibility index (Phi) is 5.24. The van der Waals surface area contributed by atoms with Crippen molar-refractivity contribution in [2.75, 3.05) is 6.26 Å². The lowest BCUT2D eigenvalue weighted by Crippen LogP contribution is -2.43. The fraction of sp³-hybridized carbons (Fsp3) is 0.385. The van der Waals surface area contributed by atoms with Gasteiger partial charge in [-0.2, -0.15) is 40.1 Å². The summed E-state index contributed by atoms with van der Waals surface area (Å²) in [4.78, 5) is 3.13. The predicted molar refractivity (Wildman–Crippen MR) is 75.9 cm³/mol. The van der Waals surface area contributed by atoms with Crippen molar-refractivity contribution >= 4 is 9.73 Å². The molecule has 150 valence electrons. The normalized spacial score (nSPS) is 15.4. The van der Waals surface area contributed by atoms with Gasteiger partial charge in [0.05, 0.1) is 6.54 Å². The molecule has 1 heterocycles. The first-order valence-electron chi connectivity index (χ1n) is 6.77. The molecule has 0 N–H and O–H groups in total. The molecule has 0 aliphatic carbocycles. The second-order valence-electron chi connectivity index (χ2n) is 5.22. The fourth-order valence-electron chi connectivity index (χ4n) is 1.71. The highest BCUT2D eigenvalue weighted by Gasteiger charge is 2.63. The Balaban J connectivity index is 2.21. The average molecular weight is 423 g/mol. The largest absolute Gasteiger partial charge is 0.471 e. The maximum Gasteiger partial charge on any atom is 0.471 e. The van der Waals surface area contributed by atoms with E-state index in [9.17, 15) is 39.3 Å². The minimum absolute atomic E-state index is 0.0656. The molecule has 27 heavy (non-hydrogen) atoms. The Labute approximate surface area is 146 Å². The van der Waals surface area contributed by atoms with E-state index in [4.69, 9.17) is 0 Å². The number of rotatable bonds is 4. The van der Waals surface area contributed by atoms with Crippen molar-refractivity contribution in [2.24, 2.45) is 4.36 Å². The van der Waals surface area contributed by atoms with Crippen LogP contribution in [0.2, 0.25) is 0 Å². The quantitative estimate of drug-likeness (QED) is 0.679. The van der Waals surface area contributed by atoms with E-state index in [-0.39, 0.29) is 17.4 Å². The second-order valence-corrected chi connectivity index (χ2v) is 7.60. The molecular formula is C13H9F8N3O2S. The number of alkyl halides is 8. The van der Waals surface area contributed by atoms with Gasteiger partial charge in [-0.15, -0.1) is 0 Å². The van der Waals surface area contributed by atoms with Crippen LogP contribution >= 0.6 is 0 Å². The van der Waals surface area contributed by atoms with Crippen LogP contribution in [0.25, 0.3) is 11.4 Å². The van der Waals surface area contributed by atoms with Crippen molar-refractivity contribution < 1.29 is 43.9 Å². The van der Waals surface area contributed by atoms with Gasteiger partial charge in [0, 0.05) is 11.8 Å². The van der Waals surface area contributed by atoms with Gasteiger partial charge in [0.15, 0.2) is 0 Å². The number of hydrogen-bond donors (Lipinski definition) is 0.